The Balaban J connectivity index is 1.41. The minimum absolute atomic E-state index is 0.0154. The third kappa shape index (κ3) is 4.99. The number of carbonyl (C=O) groups is 3. The second kappa shape index (κ2) is 9.99. The van der Waals surface area contributed by atoms with Crippen LogP contribution in [0.1, 0.15) is 68.7 Å². The van der Waals surface area contributed by atoms with Crippen molar-refractivity contribution >= 4 is 17.7 Å². The maximum Gasteiger partial charge on any atom is 0.255 e. The van der Waals surface area contributed by atoms with Gasteiger partial charge in [-0.05, 0) is 50.0 Å². The molecule has 0 radical (unpaired) electrons. The van der Waals surface area contributed by atoms with Crippen molar-refractivity contribution in [3.63, 3.8) is 0 Å². The fourth-order valence-corrected chi connectivity index (χ4v) is 4.11. The van der Waals surface area contributed by atoms with Gasteiger partial charge in [-0.25, -0.2) is 4.39 Å². The van der Waals surface area contributed by atoms with Crippen molar-refractivity contribution in [3.8, 4) is 5.75 Å². The maximum absolute atomic E-state index is 15.0. The van der Waals surface area contributed by atoms with E-state index in [9.17, 15) is 18.8 Å². The summed E-state index contributed by atoms with van der Waals surface area (Å²) in [6.45, 7) is -4.87. The maximum atomic E-state index is 15.0. The van der Waals surface area contributed by atoms with Crippen LogP contribution in [-0.2, 0) is 34.0 Å². The molecular formula is C27H30FN3O5. The van der Waals surface area contributed by atoms with Gasteiger partial charge in [0.05, 0.1) is 22.8 Å². The van der Waals surface area contributed by atoms with E-state index in [1.54, 1.807) is 5.32 Å². The van der Waals surface area contributed by atoms with Crippen molar-refractivity contribution in [2.24, 2.45) is 0 Å². The van der Waals surface area contributed by atoms with Crippen molar-refractivity contribution in [1.82, 2.24) is 15.1 Å². The van der Waals surface area contributed by atoms with Gasteiger partial charge in [-0.2, -0.15) is 0 Å². The zero-order chi connectivity index (χ0) is 35.3. The normalized spacial score (nSPS) is 40.8. The molecule has 8 nitrogen and oxygen atoms in total. The summed E-state index contributed by atoms with van der Waals surface area (Å²) >= 11 is 0. The summed E-state index contributed by atoms with van der Waals surface area (Å²) in [5.41, 5.74) is 0.111. The van der Waals surface area contributed by atoms with Crippen LogP contribution in [0, 0.1) is 5.82 Å². The van der Waals surface area contributed by atoms with Gasteiger partial charge in [-0.3, -0.25) is 24.6 Å². The molecule has 5 rings (SSSR count). The summed E-state index contributed by atoms with van der Waals surface area (Å²) in [6, 6.07) is 4.50. The fourth-order valence-electron chi connectivity index (χ4n) is 4.11. The van der Waals surface area contributed by atoms with Gasteiger partial charge < -0.3 is 14.4 Å². The van der Waals surface area contributed by atoms with E-state index >= 15 is 0 Å². The number of hydrogen-bond donors (Lipinski definition) is 1. The highest BCUT2D eigenvalue weighted by atomic mass is 19.1. The van der Waals surface area contributed by atoms with E-state index in [0.29, 0.717) is 9.80 Å². The smallest absolute Gasteiger partial charge is 0.255 e. The molecule has 2 aromatic carbocycles. The van der Waals surface area contributed by atoms with Crippen LogP contribution in [0.25, 0.3) is 0 Å². The topological polar surface area (TPSA) is 88.2 Å². The predicted octanol–water partition coefficient (Wildman–Crippen LogP) is 2.77. The molecule has 0 aromatic heterocycles. The second-order valence-corrected chi connectivity index (χ2v) is 8.29. The average Bonchev–Trinajstić information content (AvgIpc) is 3.30. The van der Waals surface area contributed by atoms with Gasteiger partial charge in [0.1, 0.15) is 24.2 Å². The summed E-state index contributed by atoms with van der Waals surface area (Å²) in [5, 5.41) is 1.64. The second-order valence-electron chi connectivity index (χ2n) is 8.29. The third-order valence-electron chi connectivity index (χ3n) is 5.66. The zero-order valence-electron chi connectivity index (χ0n) is 30.4. The molecule has 3 atom stereocenters. The Labute approximate surface area is 224 Å². The molecule has 3 aliphatic heterocycles. The number of imide groups is 1. The molecule has 3 aliphatic rings. The van der Waals surface area contributed by atoms with Crippen molar-refractivity contribution < 1.29 is 43.3 Å². The highest BCUT2D eigenvalue weighted by Crippen LogP contribution is 2.34. The first-order valence-electron chi connectivity index (χ1n) is 16.5. The van der Waals surface area contributed by atoms with Gasteiger partial charge in [0.15, 0.2) is 0 Å². The summed E-state index contributed by atoms with van der Waals surface area (Å²) in [4.78, 5) is 39.4. The van der Waals surface area contributed by atoms with E-state index in [-0.39, 0.29) is 28.0 Å². The lowest BCUT2D eigenvalue weighted by molar-refractivity contribution is -0.136. The lowest BCUT2D eigenvalue weighted by atomic mass is 10.0. The number of ether oxygens (including phenoxy) is 2. The molecular weight excluding hydrogens is 465 g/mol. The van der Waals surface area contributed by atoms with Crippen molar-refractivity contribution in [2.75, 3.05) is 13.0 Å². The Kier molecular flexibility index (Phi) is 4.01. The first kappa shape index (κ1) is 14.4. The molecule has 3 heterocycles. The SMILES string of the molecule is [2H]C1(C)OC([2H])(C)C([2H])([2H])N(Cc2ccc(F)c(COc3cccc4c3CN(C3([2H])C(=O)NC(=O)C([2H])([2H])C3([2H])[2H])C4=O)c2)C1([2H])[2H]. The lowest BCUT2D eigenvalue weighted by Crippen LogP contribution is -2.52. The fraction of sp³-hybridized carbons (Fsp3) is 0.444. The number of piperidine rings is 1. The lowest BCUT2D eigenvalue weighted by Gasteiger charge is -2.35. The van der Waals surface area contributed by atoms with Crippen molar-refractivity contribution in [1.29, 1.82) is 0 Å². The first-order valence-corrected chi connectivity index (χ1v) is 11.0. The van der Waals surface area contributed by atoms with Gasteiger partial charge in [0.2, 0.25) is 11.8 Å². The largest absolute Gasteiger partial charge is 0.488 e. The van der Waals surface area contributed by atoms with Crippen LogP contribution in [0.5, 0.6) is 5.75 Å². The Morgan fingerprint density at radius 3 is 2.75 bits per heavy atom. The highest BCUT2D eigenvalue weighted by Gasteiger charge is 2.40. The number of hydrogen-bond acceptors (Lipinski definition) is 6. The van der Waals surface area contributed by atoms with Crippen LogP contribution < -0.4 is 10.1 Å². The number of carbonyl (C=O) groups excluding carboxylic acids is 3. The van der Waals surface area contributed by atoms with Crippen LogP contribution in [0.4, 0.5) is 4.39 Å². The number of halogens is 1. The van der Waals surface area contributed by atoms with Gasteiger partial charge >= 0.3 is 0 Å². The molecule has 2 aromatic rings. The van der Waals surface area contributed by atoms with Crippen LogP contribution in [0.3, 0.4) is 0 Å². The summed E-state index contributed by atoms with van der Waals surface area (Å²) < 4.78 is 117. The van der Waals surface area contributed by atoms with Gasteiger partial charge in [-0.1, -0.05) is 12.1 Å². The molecule has 2 saturated heterocycles. The average molecular weight is 507 g/mol. The molecule has 0 saturated carbocycles. The molecule has 190 valence electrons. The third-order valence-corrected chi connectivity index (χ3v) is 5.66. The molecule has 0 spiro atoms. The zero-order valence-corrected chi connectivity index (χ0v) is 19.4. The molecule has 3 unspecified atom stereocenters. The molecule has 3 amide bonds. The van der Waals surface area contributed by atoms with E-state index in [4.69, 9.17) is 24.6 Å². The van der Waals surface area contributed by atoms with Crippen molar-refractivity contribution in [2.45, 2.75) is 64.5 Å². The Hall–Kier alpha value is -3.30. The van der Waals surface area contributed by atoms with Crippen LogP contribution in [-0.4, -0.2) is 58.7 Å². The molecule has 0 aliphatic carbocycles. The Morgan fingerprint density at radius 1 is 1.19 bits per heavy atom. The quantitative estimate of drug-likeness (QED) is 0.607. The van der Waals surface area contributed by atoms with Crippen LogP contribution in [0.2, 0.25) is 0 Å². The van der Waals surface area contributed by atoms with E-state index in [2.05, 4.69) is 0 Å². The van der Waals surface area contributed by atoms with E-state index < -0.39 is 87.2 Å². The molecule has 0 bridgehead atoms. The van der Waals surface area contributed by atoms with Crippen molar-refractivity contribution in [3.05, 3.63) is 64.5 Å². The monoisotopic (exact) mass is 506 g/mol. The van der Waals surface area contributed by atoms with Crippen LogP contribution in [0.15, 0.2) is 36.4 Å². The number of fused-ring (bicyclic) bond motifs is 1. The minimum atomic E-state index is -3.47. The number of amides is 3. The Morgan fingerprint density at radius 2 is 1.97 bits per heavy atom. The highest BCUT2D eigenvalue weighted by molar-refractivity contribution is 6.05. The summed E-state index contributed by atoms with van der Waals surface area (Å²) in [5.74, 6) is -4.90. The van der Waals surface area contributed by atoms with Gasteiger partial charge in [0.25, 0.3) is 5.91 Å². The number of morpholine rings is 1. The number of nitrogens with zero attached hydrogens (tertiary/aromatic N) is 2. The summed E-state index contributed by atoms with van der Waals surface area (Å²) in [7, 11) is 0. The standard InChI is InChI=1S/C27H30FN3O5/c1-16-11-30(12-17(2)36-16)13-18-6-7-22(28)19(10-18)15-35-24-5-3-4-20-21(24)14-31(27(20)34)23-8-9-25(32)29-26(23)33/h3-7,10,16-17,23H,8-9,11-15H2,1-2H3,(H,29,32,33)/i8D2,9D2,11D2,12D2,16D,17D,23D. The van der Waals surface area contributed by atoms with Crippen LogP contribution >= 0.6 is 0 Å². The number of nitrogens with one attached hydrogen (secondary N) is 1. The minimum Gasteiger partial charge on any atom is -0.488 e. The van der Waals surface area contributed by atoms with Gasteiger partial charge in [0, 0.05) is 53.6 Å². The van der Waals surface area contributed by atoms with Gasteiger partial charge in [-0.15, -0.1) is 0 Å². The Bertz CT molecular complexity index is 1660. The summed E-state index contributed by atoms with van der Waals surface area (Å²) in [6.07, 6.45) is -11.5. The molecule has 2 fully saturated rings. The number of rotatable bonds is 6. The van der Waals surface area contributed by atoms with E-state index in [1.807, 2.05) is 0 Å². The molecule has 36 heavy (non-hydrogen) atoms. The molecule has 1 N–H and O–H groups in total. The molecule has 9 heteroatoms. The predicted molar refractivity (Wildman–Crippen MR) is 129 cm³/mol. The van der Waals surface area contributed by atoms with E-state index in [1.165, 1.54) is 30.3 Å². The first-order chi connectivity index (χ1) is 21.3. The number of benzene rings is 2. The van der Waals surface area contributed by atoms with E-state index in [0.717, 1.165) is 19.9 Å².